The average molecular weight is 522 g/mol. The van der Waals surface area contributed by atoms with E-state index in [2.05, 4.69) is 32.4 Å². The van der Waals surface area contributed by atoms with Gasteiger partial charge in [0.15, 0.2) is 0 Å². The molecule has 2 fully saturated rings. The van der Waals surface area contributed by atoms with Crippen molar-refractivity contribution in [3.8, 4) is 0 Å². The van der Waals surface area contributed by atoms with Gasteiger partial charge in [0.1, 0.15) is 12.1 Å². The predicted molar refractivity (Wildman–Crippen MR) is 134 cm³/mol. The predicted octanol–water partition coefficient (Wildman–Crippen LogP) is 2.89. The first-order chi connectivity index (χ1) is 17.6. The van der Waals surface area contributed by atoms with Crippen molar-refractivity contribution < 1.29 is 22.8 Å². The summed E-state index contributed by atoms with van der Waals surface area (Å²) in [7, 11) is 1.61. The number of nitrogens with one attached hydrogen (secondary N) is 2. The number of nitrogens with two attached hydrogens (primary N) is 1. The maximum atomic E-state index is 13.4. The summed E-state index contributed by atoms with van der Waals surface area (Å²) in [5.74, 6) is 0.137. The van der Waals surface area contributed by atoms with Crippen molar-refractivity contribution in [2.75, 3.05) is 31.6 Å². The first-order valence-electron chi connectivity index (χ1n) is 12.7. The number of aromatic nitrogens is 2. The molecule has 1 aromatic heterocycles. The number of carbonyl (C=O) groups excluding carboxylic acids is 2. The highest BCUT2D eigenvalue weighted by molar-refractivity contribution is 5.92. The summed E-state index contributed by atoms with van der Waals surface area (Å²) < 4.78 is 40.1. The molecular weight excluding hydrogens is 487 g/mol. The van der Waals surface area contributed by atoms with Gasteiger partial charge in [0, 0.05) is 37.6 Å². The third-order valence-electron chi connectivity index (χ3n) is 7.68. The molecule has 0 radical (unpaired) electrons. The first kappa shape index (κ1) is 26.9. The van der Waals surface area contributed by atoms with Crippen LogP contribution < -0.4 is 21.3 Å². The van der Waals surface area contributed by atoms with E-state index in [1.165, 1.54) is 12.4 Å². The second kappa shape index (κ2) is 11.1. The zero-order valence-corrected chi connectivity index (χ0v) is 21.1. The molecule has 1 aromatic carbocycles. The van der Waals surface area contributed by atoms with Crippen molar-refractivity contribution in [1.29, 1.82) is 0 Å². The van der Waals surface area contributed by atoms with Gasteiger partial charge in [-0.25, -0.2) is 14.8 Å². The molecule has 1 aliphatic carbocycles. The van der Waals surface area contributed by atoms with Crippen LogP contribution in [-0.2, 0) is 11.0 Å². The quantitative estimate of drug-likeness (QED) is 0.492. The van der Waals surface area contributed by atoms with Crippen molar-refractivity contribution in [1.82, 2.24) is 25.5 Å². The van der Waals surface area contributed by atoms with Crippen LogP contribution in [0.5, 0.6) is 0 Å². The summed E-state index contributed by atoms with van der Waals surface area (Å²) in [5, 5.41) is 5.91. The number of carbonyl (C=O) groups is 2. The van der Waals surface area contributed by atoms with Gasteiger partial charge < -0.3 is 21.3 Å². The molecule has 37 heavy (non-hydrogen) atoms. The molecular formula is C25H34F3N7O2. The summed E-state index contributed by atoms with van der Waals surface area (Å²) in [6.07, 6.45) is 1.70. The van der Waals surface area contributed by atoms with Gasteiger partial charge in [0.05, 0.1) is 23.7 Å². The fourth-order valence-corrected chi connectivity index (χ4v) is 5.64. The largest absolute Gasteiger partial charge is 0.416 e. The van der Waals surface area contributed by atoms with Crippen molar-refractivity contribution in [3.05, 3.63) is 30.1 Å². The number of fused-ring (bicyclic) bond motifs is 1. The van der Waals surface area contributed by atoms with E-state index in [0.29, 0.717) is 30.6 Å². The lowest BCUT2D eigenvalue weighted by atomic mass is 9.79. The molecule has 1 atom stereocenters. The second-order valence-corrected chi connectivity index (χ2v) is 9.94. The van der Waals surface area contributed by atoms with Gasteiger partial charge >= 0.3 is 12.2 Å². The van der Waals surface area contributed by atoms with Gasteiger partial charge in [-0.2, -0.15) is 13.2 Å². The lowest BCUT2D eigenvalue weighted by molar-refractivity contribution is -0.137. The number of halogens is 3. The van der Waals surface area contributed by atoms with Crippen LogP contribution in [0.25, 0.3) is 10.9 Å². The van der Waals surface area contributed by atoms with E-state index in [0.717, 1.165) is 44.2 Å². The van der Waals surface area contributed by atoms with E-state index >= 15 is 0 Å². The minimum atomic E-state index is -4.51. The highest BCUT2D eigenvalue weighted by atomic mass is 19.4. The van der Waals surface area contributed by atoms with Crippen molar-refractivity contribution in [2.24, 2.45) is 11.7 Å². The Hall–Kier alpha value is -3.15. The zero-order chi connectivity index (χ0) is 26.7. The fourth-order valence-electron chi connectivity index (χ4n) is 5.64. The molecule has 2 heterocycles. The van der Waals surface area contributed by atoms with E-state index in [9.17, 15) is 22.8 Å². The molecule has 3 amide bonds. The molecule has 2 aliphatic rings. The first-order valence-corrected chi connectivity index (χ1v) is 12.7. The molecule has 12 heteroatoms. The van der Waals surface area contributed by atoms with E-state index in [1.54, 1.807) is 11.9 Å². The van der Waals surface area contributed by atoms with E-state index in [-0.39, 0.29) is 35.9 Å². The van der Waals surface area contributed by atoms with Crippen LogP contribution in [0.1, 0.15) is 44.6 Å². The molecule has 0 bridgehead atoms. The minimum Gasteiger partial charge on any atom is -0.368 e. The lowest BCUT2D eigenvalue weighted by Crippen LogP contribution is -2.64. The summed E-state index contributed by atoms with van der Waals surface area (Å²) in [6.45, 7) is 3.27. The number of alkyl halides is 3. The Labute approximate surface area is 214 Å². The molecule has 4 rings (SSSR count). The number of urea groups is 1. The third kappa shape index (κ3) is 6.06. The molecule has 0 spiro atoms. The van der Waals surface area contributed by atoms with Gasteiger partial charge in [-0.3, -0.25) is 9.69 Å². The summed E-state index contributed by atoms with van der Waals surface area (Å²) in [6, 6.07) is 3.62. The van der Waals surface area contributed by atoms with Crippen LogP contribution in [0.2, 0.25) is 0 Å². The van der Waals surface area contributed by atoms with Gasteiger partial charge in [0.25, 0.3) is 0 Å². The zero-order valence-electron chi connectivity index (χ0n) is 21.1. The molecule has 4 N–H and O–H groups in total. The second-order valence-electron chi connectivity index (χ2n) is 9.94. The number of nitrogens with zero attached hydrogens (tertiary/aromatic N) is 4. The molecule has 1 saturated carbocycles. The van der Waals surface area contributed by atoms with Crippen molar-refractivity contribution in [2.45, 2.75) is 63.3 Å². The maximum absolute atomic E-state index is 13.4. The average Bonchev–Trinajstić information content (AvgIpc) is 2.84. The standard InChI is InChI=1S/C25H34F3N7O2/c1-3-20(33-24(37)30-2)15-4-7-17(8-5-15)34-11-18(12-34)35(13-22(29)36)23-19-10-16(25(26,27)28)6-9-21(19)31-14-32-23/h6,9-10,14-15,17-18,20H,3-5,7-8,11-13H2,1-2H3,(H2,29,36)(H2,30,33,37)/t15?,17?,20-/m0/s1. The number of anilines is 1. The number of benzene rings is 1. The summed E-state index contributed by atoms with van der Waals surface area (Å²) in [4.78, 5) is 36.1. The van der Waals surface area contributed by atoms with Crippen LogP contribution >= 0.6 is 0 Å². The Bertz CT molecular complexity index is 1120. The minimum absolute atomic E-state index is 0.101. The number of primary amides is 1. The van der Waals surface area contributed by atoms with Crippen LogP contribution in [0.4, 0.5) is 23.8 Å². The smallest absolute Gasteiger partial charge is 0.368 e. The maximum Gasteiger partial charge on any atom is 0.416 e. The van der Waals surface area contributed by atoms with Crippen molar-refractivity contribution >= 4 is 28.7 Å². The van der Waals surface area contributed by atoms with Gasteiger partial charge in [-0.1, -0.05) is 6.92 Å². The number of hydrogen-bond donors (Lipinski definition) is 3. The highest BCUT2D eigenvalue weighted by Gasteiger charge is 2.40. The van der Waals surface area contributed by atoms with Crippen molar-refractivity contribution in [3.63, 3.8) is 0 Å². The molecule has 9 nitrogen and oxygen atoms in total. The Balaban J connectivity index is 1.44. The van der Waals surface area contributed by atoms with Crippen LogP contribution in [0, 0.1) is 5.92 Å². The van der Waals surface area contributed by atoms with Gasteiger partial charge in [0.2, 0.25) is 5.91 Å². The molecule has 202 valence electrons. The van der Waals surface area contributed by atoms with Crippen LogP contribution in [-0.4, -0.2) is 71.6 Å². The SMILES string of the molecule is CC[C@H](NC(=O)NC)C1CCC(N2CC(N(CC(N)=O)c3ncnc4ccc(C(F)(F)F)cc34)C2)CC1. The number of likely N-dealkylation sites (tertiary alicyclic amines) is 1. The fraction of sp³-hybridized carbons (Fsp3) is 0.600. The number of rotatable bonds is 8. The lowest BCUT2D eigenvalue weighted by Gasteiger charge is -2.50. The number of hydrogen-bond acceptors (Lipinski definition) is 6. The normalized spacial score (nSPS) is 21.8. The highest BCUT2D eigenvalue weighted by Crippen LogP contribution is 2.36. The van der Waals surface area contributed by atoms with E-state index in [1.807, 2.05) is 0 Å². The molecule has 0 unspecified atom stereocenters. The molecule has 1 aliphatic heterocycles. The Morgan fingerprint density at radius 2 is 1.89 bits per heavy atom. The molecule has 1 saturated heterocycles. The monoisotopic (exact) mass is 521 g/mol. The van der Waals surface area contributed by atoms with E-state index in [4.69, 9.17) is 5.73 Å². The Morgan fingerprint density at radius 3 is 2.49 bits per heavy atom. The Kier molecular flexibility index (Phi) is 8.05. The topological polar surface area (TPSA) is 116 Å². The number of amides is 3. The van der Waals surface area contributed by atoms with Crippen LogP contribution in [0.3, 0.4) is 0 Å². The van der Waals surface area contributed by atoms with Gasteiger partial charge in [-0.05, 0) is 56.2 Å². The molecule has 2 aromatic rings. The summed E-state index contributed by atoms with van der Waals surface area (Å²) in [5.41, 5.74) is 5.10. The third-order valence-corrected chi connectivity index (χ3v) is 7.68. The van der Waals surface area contributed by atoms with Gasteiger partial charge in [-0.15, -0.1) is 0 Å². The van der Waals surface area contributed by atoms with Crippen LogP contribution in [0.15, 0.2) is 24.5 Å². The summed E-state index contributed by atoms with van der Waals surface area (Å²) >= 11 is 0. The Morgan fingerprint density at radius 1 is 1.19 bits per heavy atom. The van der Waals surface area contributed by atoms with E-state index < -0.39 is 17.6 Å².